The van der Waals surface area contributed by atoms with Crippen molar-refractivity contribution in [3.05, 3.63) is 42.5 Å². The standard InChI is InChI=1S/C14H21NO/c1-3-4-5-9-15-10-11-16-14-8-6-7-13(2)12-14/h3,6-8,12,15H,1,4-5,9-11H2,2H3. The summed E-state index contributed by atoms with van der Waals surface area (Å²) in [5, 5.41) is 3.33. The Hall–Kier alpha value is -1.28. The fourth-order valence-corrected chi connectivity index (χ4v) is 1.44. The SMILES string of the molecule is C=CCCCNCCOc1cccc(C)c1. The van der Waals surface area contributed by atoms with Crippen LogP contribution in [0.5, 0.6) is 5.75 Å². The van der Waals surface area contributed by atoms with E-state index in [1.807, 2.05) is 18.2 Å². The molecule has 16 heavy (non-hydrogen) atoms. The molecule has 1 rings (SSSR count). The molecule has 0 amide bonds. The molecule has 0 aromatic heterocycles. The smallest absolute Gasteiger partial charge is 0.119 e. The van der Waals surface area contributed by atoms with Crippen LogP contribution in [0.25, 0.3) is 0 Å². The fourth-order valence-electron chi connectivity index (χ4n) is 1.44. The zero-order chi connectivity index (χ0) is 11.6. The molecule has 0 fully saturated rings. The van der Waals surface area contributed by atoms with Gasteiger partial charge in [-0.3, -0.25) is 0 Å². The summed E-state index contributed by atoms with van der Waals surface area (Å²) in [5.74, 6) is 0.952. The molecule has 0 aliphatic rings. The molecule has 0 saturated carbocycles. The van der Waals surface area contributed by atoms with Crippen LogP contribution in [0.3, 0.4) is 0 Å². The summed E-state index contributed by atoms with van der Waals surface area (Å²) in [6.45, 7) is 8.40. The summed E-state index contributed by atoms with van der Waals surface area (Å²) in [6, 6.07) is 8.13. The van der Waals surface area contributed by atoms with Gasteiger partial charge in [0.15, 0.2) is 0 Å². The van der Waals surface area contributed by atoms with Gasteiger partial charge in [0.2, 0.25) is 0 Å². The van der Waals surface area contributed by atoms with Crippen LogP contribution >= 0.6 is 0 Å². The molecular formula is C14H21NO. The Bertz CT molecular complexity index is 309. The van der Waals surface area contributed by atoms with Crippen LogP contribution in [0.4, 0.5) is 0 Å². The van der Waals surface area contributed by atoms with Crippen molar-refractivity contribution in [1.29, 1.82) is 0 Å². The van der Waals surface area contributed by atoms with Gasteiger partial charge in [-0.15, -0.1) is 6.58 Å². The van der Waals surface area contributed by atoms with Gasteiger partial charge >= 0.3 is 0 Å². The van der Waals surface area contributed by atoms with Gasteiger partial charge in [-0.2, -0.15) is 0 Å². The molecular weight excluding hydrogens is 198 g/mol. The van der Waals surface area contributed by atoms with Crippen molar-refractivity contribution in [2.45, 2.75) is 19.8 Å². The highest BCUT2D eigenvalue weighted by molar-refractivity contribution is 5.27. The number of benzene rings is 1. The molecule has 88 valence electrons. The lowest BCUT2D eigenvalue weighted by atomic mass is 10.2. The third kappa shape index (κ3) is 5.56. The predicted octanol–water partition coefficient (Wildman–Crippen LogP) is 2.93. The van der Waals surface area contributed by atoms with Crippen LogP contribution in [0.1, 0.15) is 18.4 Å². The van der Waals surface area contributed by atoms with Crippen LogP contribution in [0, 0.1) is 6.92 Å². The Kier molecular flexibility index (Phi) is 6.35. The summed E-state index contributed by atoms with van der Waals surface area (Å²) in [5.41, 5.74) is 1.23. The van der Waals surface area contributed by atoms with Gasteiger partial charge in [0.25, 0.3) is 0 Å². The average Bonchev–Trinajstić information content (AvgIpc) is 2.28. The number of aryl methyl sites for hydroxylation is 1. The van der Waals surface area contributed by atoms with Gasteiger partial charge in [-0.25, -0.2) is 0 Å². The van der Waals surface area contributed by atoms with Gasteiger partial charge in [0.05, 0.1) is 0 Å². The van der Waals surface area contributed by atoms with Crippen molar-refractivity contribution in [3.8, 4) is 5.75 Å². The first-order valence-electron chi connectivity index (χ1n) is 5.84. The van der Waals surface area contributed by atoms with Crippen molar-refractivity contribution >= 4 is 0 Å². The Labute approximate surface area is 98.3 Å². The molecule has 0 unspecified atom stereocenters. The number of hydrogen-bond acceptors (Lipinski definition) is 2. The summed E-state index contributed by atoms with van der Waals surface area (Å²) >= 11 is 0. The van der Waals surface area contributed by atoms with Crippen molar-refractivity contribution in [1.82, 2.24) is 5.32 Å². The van der Waals surface area contributed by atoms with E-state index in [0.29, 0.717) is 0 Å². The Balaban J connectivity index is 2.05. The van der Waals surface area contributed by atoms with E-state index in [1.54, 1.807) is 0 Å². The van der Waals surface area contributed by atoms with Crippen LogP contribution < -0.4 is 10.1 Å². The number of hydrogen-bond donors (Lipinski definition) is 1. The first-order chi connectivity index (χ1) is 7.83. The lowest BCUT2D eigenvalue weighted by Crippen LogP contribution is -2.21. The summed E-state index contributed by atoms with van der Waals surface area (Å²) in [4.78, 5) is 0. The predicted molar refractivity (Wildman–Crippen MR) is 69.0 cm³/mol. The highest BCUT2D eigenvalue weighted by Crippen LogP contribution is 2.11. The molecule has 2 heteroatoms. The molecule has 0 aliphatic heterocycles. The van der Waals surface area contributed by atoms with Crippen LogP contribution in [-0.2, 0) is 0 Å². The Morgan fingerprint density at radius 3 is 3.00 bits per heavy atom. The van der Waals surface area contributed by atoms with Crippen LogP contribution in [0.2, 0.25) is 0 Å². The van der Waals surface area contributed by atoms with E-state index in [1.165, 1.54) is 5.56 Å². The van der Waals surface area contributed by atoms with Crippen LogP contribution in [0.15, 0.2) is 36.9 Å². The van der Waals surface area contributed by atoms with E-state index in [2.05, 4.69) is 31.0 Å². The second-order valence-corrected chi connectivity index (χ2v) is 3.85. The van der Waals surface area contributed by atoms with E-state index in [4.69, 9.17) is 4.74 Å². The molecule has 1 aromatic carbocycles. The van der Waals surface area contributed by atoms with Crippen LogP contribution in [-0.4, -0.2) is 19.7 Å². The minimum Gasteiger partial charge on any atom is -0.492 e. The quantitative estimate of drug-likeness (QED) is 0.536. The second-order valence-electron chi connectivity index (χ2n) is 3.85. The average molecular weight is 219 g/mol. The highest BCUT2D eigenvalue weighted by atomic mass is 16.5. The molecule has 1 N–H and O–H groups in total. The molecule has 0 bridgehead atoms. The molecule has 0 atom stereocenters. The second kappa shape index (κ2) is 7.94. The molecule has 0 aliphatic carbocycles. The molecule has 0 heterocycles. The van der Waals surface area contributed by atoms with Gasteiger partial charge in [-0.1, -0.05) is 18.2 Å². The molecule has 0 saturated heterocycles. The molecule has 1 aromatic rings. The fraction of sp³-hybridized carbons (Fsp3) is 0.429. The van der Waals surface area contributed by atoms with Crippen molar-refractivity contribution in [2.24, 2.45) is 0 Å². The Morgan fingerprint density at radius 2 is 2.25 bits per heavy atom. The third-order valence-corrected chi connectivity index (χ3v) is 2.30. The lowest BCUT2D eigenvalue weighted by Gasteiger charge is -2.07. The van der Waals surface area contributed by atoms with Crippen molar-refractivity contribution < 1.29 is 4.74 Å². The van der Waals surface area contributed by atoms with Gasteiger partial charge < -0.3 is 10.1 Å². The largest absolute Gasteiger partial charge is 0.492 e. The number of unbranched alkanes of at least 4 members (excludes halogenated alkanes) is 1. The summed E-state index contributed by atoms with van der Waals surface area (Å²) < 4.78 is 5.61. The topological polar surface area (TPSA) is 21.3 Å². The third-order valence-electron chi connectivity index (χ3n) is 2.30. The van der Waals surface area contributed by atoms with Gasteiger partial charge in [-0.05, 0) is 44.0 Å². The first kappa shape index (κ1) is 12.8. The van der Waals surface area contributed by atoms with E-state index in [-0.39, 0.29) is 0 Å². The Morgan fingerprint density at radius 1 is 1.38 bits per heavy atom. The van der Waals surface area contributed by atoms with Gasteiger partial charge in [0, 0.05) is 6.54 Å². The number of allylic oxidation sites excluding steroid dienone is 1. The van der Waals surface area contributed by atoms with E-state index in [9.17, 15) is 0 Å². The van der Waals surface area contributed by atoms with Gasteiger partial charge in [0.1, 0.15) is 12.4 Å². The monoisotopic (exact) mass is 219 g/mol. The highest BCUT2D eigenvalue weighted by Gasteiger charge is 1.93. The molecule has 0 spiro atoms. The lowest BCUT2D eigenvalue weighted by molar-refractivity contribution is 0.314. The maximum Gasteiger partial charge on any atom is 0.119 e. The van der Waals surface area contributed by atoms with E-state index in [0.717, 1.165) is 38.3 Å². The minimum absolute atomic E-state index is 0.720. The van der Waals surface area contributed by atoms with Crippen molar-refractivity contribution in [3.63, 3.8) is 0 Å². The van der Waals surface area contributed by atoms with E-state index >= 15 is 0 Å². The first-order valence-corrected chi connectivity index (χ1v) is 5.84. The summed E-state index contributed by atoms with van der Waals surface area (Å²) in [6.07, 6.45) is 4.17. The molecule has 0 radical (unpaired) electrons. The molecule has 2 nitrogen and oxygen atoms in total. The normalized spacial score (nSPS) is 10.1. The maximum atomic E-state index is 5.61. The zero-order valence-electron chi connectivity index (χ0n) is 10.0. The maximum absolute atomic E-state index is 5.61. The summed E-state index contributed by atoms with van der Waals surface area (Å²) in [7, 11) is 0. The number of rotatable bonds is 8. The number of ether oxygens (including phenoxy) is 1. The number of nitrogens with one attached hydrogen (secondary N) is 1. The minimum atomic E-state index is 0.720. The zero-order valence-corrected chi connectivity index (χ0v) is 10.0. The van der Waals surface area contributed by atoms with E-state index < -0.39 is 0 Å². The van der Waals surface area contributed by atoms with Crippen molar-refractivity contribution in [2.75, 3.05) is 19.7 Å².